The number of aromatic nitrogens is 3. The Bertz CT molecular complexity index is 1290. The van der Waals surface area contributed by atoms with E-state index >= 15 is 0 Å². The molecular weight excluding hydrogens is 388 g/mol. The number of fused-ring (bicyclic) bond motifs is 1. The minimum absolute atomic E-state index is 0.694. The summed E-state index contributed by atoms with van der Waals surface area (Å²) in [6, 6.07) is 24.9. The molecule has 0 saturated heterocycles. The molecule has 0 radical (unpaired) electrons. The number of aryl methyl sites for hydroxylation is 1. The van der Waals surface area contributed by atoms with Gasteiger partial charge in [0, 0.05) is 23.1 Å². The molecule has 0 aliphatic rings. The first kappa shape index (κ1) is 18.5. The lowest BCUT2D eigenvalue weighted by Crippen LogP contribution is -2.02. The van der Waals surface area contributed by atoms with Crippen molar-refractivity contribution >= 4 is 28.2 Å². The number of nitrogens with zero attached hydrogens (tertiary/aromatic N) is 3. The van der Waals surface area contributed by atoms with Crippen LogP contribution in [0.5, 0.6) is 0 Å². The van der Waals surface area contributed by atoms with E-state index in [-0.39, 0.29) is 0 Å². The van der Waals surface area contributed by atoms with Crippen molar-refractivity contribution in [3.8, 4) is 21.8 Å². The van der Waals surface area contributed by atoms with Gasteiger partial charge in [-0.25, -0.2) is 9.97 Å². The second-order valence-corrected chi connectivity index (χ2v) is 8.06. The number of hydrogen-bond acceptors (Lipinski definition) is 5. The van der Waals surface area contributed by atoms with E-state index in [0.717, 1.165) is 38.7 Å². The molecule has 2 aromatic heterocycles. The van der Waals surface area contributed by atoms with E-state index in [0.29, 0.717) is 6.54 Å². The summed E-state index contributed by atoms with van der Waals surface area (Å²) < 4.78 is 0. The van der Waals surface area contributed by atoms with Crippen LogP contribution in [0, 0.1) is 6.92 Å². The molecule has 0 bridgehead atoms. The Kier molecular flexibility index (Phi) is 4.95. The van der Waals surface area contributed by atoms with Crippen LogP contribution < -0.4 is 5.32 Å². The van der Waals surface area contributed by atoms with Crippen LogP contribution in [-0.4, -0.2) is 15.0 Å². The zero-order chi connectivity index (χ0) is 20.3. The zero-order valence-corrected chi connectivity index (χ0v) is 17.4. The van der Waals surface area contributed by atoms with Crippen LogP contribution in [0.4, 0.5) is 5.82 Å². The van der Waals surface area contributed by atoms with Crippen LogP contribution in [0.2, 0.25) is 0 Å². The smallest absolute Gasteiger partial charge is 0.145 e. The highest BCUT2D eigenvalue weighted by Gasteiger charge is 2.07. The lowest BCUT2D eigenvalue weighted by atomic mass is 10.1. The highest BCUT2D eigenvalue weighted by atomic mass is 32.1. The highest BCUT2D eigenvalue weighted by Crippen LogP contribution is 2.29. The zero-order valence-electron chi connectivity index (χ0n) is 16.5. The normalized spacial score (nSPS) is 11.0. The molecule has 0 spiro atoms. The van der Waals surface area contributed by atoms with Crippen LogP contribution in [0.25, 0.3) is 32.9 Å². The molecule has 4 nitrogen and oxygen atoms in total. The van der Waals surface area contributed by atoms with Gasteiger partial charge < -0.3 is 5.32 Å². The lowest BCUT2D eigenvalue weighted by Gasteiger charge is -2.07. The monoisotopic (exact) mass is 408 g/mol. The van der Waals surface area contributed by atoms with Gasteiger partial charge in [-0.05, 0) is 24.6 Å². The topological polar surface area (TPSA) is 50.7 Å². The number of para-hydroxylation sites is 2. The molecule has 5 aromatic rings. The van der Waals surface area contributed by atoms with E-state index in [1.54, 1.807) is 17.5 Å². The van der Waals surface area contributed by atoms with Crippen molar-refractivity contribution in [1.82, 2.24) is 15.0 Å². The van der Waals surface area contributed by atoms with Crippen LogP contribution in [0.3, 0.4) is 0 Å². The average Bonchev–Trinajstić information content (AvgIpc) is 3.29. The molecule has 0 unspecified atom stereocenters. The Labute approximate surface area is 179 Å². The first-order valence-electron chi connectivity index (χ1n) is 9.82. The first-order chi connectivity index (χ1) is 14.7. The SMILES string of the molecule is Cc1ccc(-c2csc(-c3ccc(CNc4cnc5ccccc5n4)cc3)n2)cc1. The lowest BCUT2D eigenvalue weighted by molar-refractivity contribution is 1.11. The number of hydrogen-bond donors (Lipinski definition) is 1. The minimum atomic E-state index is 0.694. The van der Waals surface area contributed by atoms with Crippen molar-refractivity contribution < 1.29 is 0 Å². The summed E-state index contributed by atoms with van der Waals surface area (Å²) in [5.41, 5.74) is 7.55. The van der Waals surface area contributed by atoms with Gasteiger partial charge in [-0.1, -0.05) is 66.2 Å². The van der Waals surface area contributed by atoms with E-state index in [4.69, 9.17) is 4.98 Å². The summed E-state index contributed by atoms with van der Waals surface area (Å²) in [7, 11) is 0. The van der Waals surface area contributed by atoms with Crippen molar-refractivity contribution in [2.45, 2.75) is 13.5 Å². The van der Waals surface area contributed by atoms with E-state index in [1.807, 2.05) is 24.3 Å². The molecule has 0 aliphatic heterocycles. The van der Waals surface area contributed by atoms with Crippen LogP contribution in [0.1, 0.15) is 11.1 Å². The third-order valence-electron chi connectivity index (χ3n) is 4.97. The Morgan fingerprint density at radius 2 is 1.53 bits per heavy atom. The van der Waals surface area contributed by atoms with Gasteiger partial charge in [0.2, 0.25) is 0 Å². The van der Waals surface area contributed by atoms with Gasteiger partial charge in [0.15, 0.2) is 0 Å². The molecule has 3 aromatic carbocycles. The molecule has 0 saturated carbocycles. The molecule has 146 valence electrons. The van der Waals surface area contributed by atoms with Gasteiger partial charge in [0.05, 0.1) is 22.9 Å². The molecule has 5 heteroatoms. The number of anilines is 1. The Balaban J connectivity index is 1.28. The molecule has 0 aliphatic carbocycles. The van der Waals surface area contributed by atoms with Gasteiger partial charge in [-0.15, -0.1) is 11.3 Å². The summed E-state index contributed by atoms with van der Waals surface area (Å²) in [6.07, 6.45) is 1.78. The maximum Gasteiger partial charge on any atom is 0.145 e. The summed E-state index contributed by atoms with van der Waals surface area (Å²) in [5, 5.41) is 6.51. The van der Waals surface area contributed by atoms with E-state index in [1.165, 1.54) is 11.1 Å². The molecule has 0 atom stereocenters. The number of thiazole rings is 1. The second kappa shape index (κ2) is 8.05. The van der Waals surface area contributed by atoms with Gasteiger partial charge in [-0.2, -0.15) is 0 Å². The fourth-order valence-corrected chi connectivity index (χ4v) is 4.10. The van der Waals surface area contributed by atoms with Crippen molar-refractivity contribution in [3.05, 3.63) is 95.5 Å². The Morgan fingerprint density at radius 3 is 2.33 bits per heavy atom. The van der Waals surface area contributed by atoms with Crippen LogP contribution >= 0.6 is 11.3 Å². The summed E-state index contributed by atoms with van der Waals surface area (Å²) >= 11 is 1.67. The standard InChI is InChI=1S/C25H20N4S/c1-17-6-10-19(11-7-17)23-16-30-25(29-23)20-12-8-18(9-13-20)14-27-24-15-26-21-4-2-3-5-22(21)28-24/h2-13,15-16H,14H2,1H3,(H,27,28). The maximum atomic E-state index is 4.82. The number of nitrogens with one attached hydrogen (secondary N) is 1. The predicted molar refractivity (Wildman–Crippen MR) is 125 cm³/mol. The molecule has 30 heavy (non-hydrogen) atoms. The van der Waals surface area contributed by atoms with Crippen molar-refractivity contribution in [2.75, 3.05) is 5.32 Å². The number of benzene rings is 3. The summed E-state index contributed by atoms with van der Waals surface area (Å²) in [4.78, 5) is 13.9. The van der Waals surface area contributed by atoms with E-state index in [2.05, 4.69) is 76.1 Å². The quantitative estimate of drug-likeness (QED) is 0.369. The first-order valence-corrected chi connectivity index (χ1v) is 10.7. The van der Waals surface area contributed by atoms with Crippen molar-refractivity contribution in [3.63, 3.8) is 0 Å². The van der Waals surface area contributed by atoms with Crippen LogP contribution in [0.15, 0.2) is 84.4 Å². The van der Waals surface area contributed by atoms with Crippen LogP contribution in [-0.2, 0) is 6.54 Å². The maximum absolute atomic E-state index is 4.82. The second-order valence-electron chi connectivity index (χ2n) is 7.20. The Morgan fingerprint density at radius 1 is 0.800 bits per heavy atom. The third kappa shape index (κ3) is 3.93. The summed E-state index contributed by atoms with van der Waals surface area (Å²) in [5.74, 6) is 0.778. The summed E-state index contributed by atoms with van der Waals surface area (Å²) in [6.45, 7) is 2.79. The third-order valence-corrected chi connectivity index (χ3v) is 5.87. The molecule has 0 fully saturated rings. The number of rotatable bonds is 5. The fraction of sp³-hybridized carbons (Fsp3) is 0.0800. The van der Waals surface area contributed by atoms with E-state index < -0.39 is 0 Å². The molecule has 5 rings (SSSR count). The minimum Gasteiger partial charge on any atom is -0.365 e. The largest absolute Gasteiger partial charge is 0.365 e. The van der Waals surface area contributed by atoms with Crippen molar-refractivity contribution in [2.24, 2.45) is 0 Å². The Hall–Kier alpha value is -3.57. The van der Waals surface area contributed by atoms with Gasteiger partial charge in [-0.3, -0.25) is 4.98 Å². The molecule has 1 N–H and O–H groups in total. The van der Waals surface area contributed by atoms with Gasteiger partial charge in [0.25, 0.3) is 0 Å². The molecular formula is C25H20N4S. The van der Waals surface area contributed by atoms with Gasteiger partial charge >= 0.3 is 0 Å². The van der Waals surface area contributed by atoms with E-state index in [9.17, 15) is 0 Å². The molecule has 0 amide bonds. The van der Waals surface area contributed by atoms with Gasteiger partial charge in [0.1, 0.15) is 10.8 Å². The molecule has 2 heterocycles. The fourth-order valence-electron chi connectivity index (χ4n) is 3.26. The van der Waals surface area contributed by atoms with Crippen molar-refractivity contribution in [1.29, 1.82) is 0 Å². The predicted octanol–water partition coefficient (Wildman–Crippen LogP) is 6.34. The average molecular weight is 409 g/mol. The highest BCUT2D eigenvalue weighted by molar-refractivity contribution is 7.13.